The number of alkyl carbamates (subject to hydrolysis) is 1. The fourth-order valence-electron chi connectivity index (χ4n) is 4.07. The Balaban J connectivity index is 1.35. The smallest absolute Gasteiger partial charge is 0.408 e. The summed E-state index contributed by atoms with van der Waals surface area (Å²) in [4.78, 5) is 17.1. The van der Waals surface area contributed by atoms with Crippen LogP contribution in [-0.2, 0) is 21.6 Å². The van der Waals surface area contributed by atoms with Gasteiger partial charge in [0.1, 0.15) is 12.1 Å². The van der Waals surface area contributed by atoms with Crippen molar-refractivity contribution in [1.82, 2.24) is 10.3 Å². The number of carbonyl (C=O) groups excluding carboxylic acids is 1. The van der Waals surface area contributed by atoms with Crippen LogP contribution in [0.15, 0.2) is 97.2 Å². The Hall–Kier alpha value is -4.16. The van der Waals surface area contributed by atoms with Crippen molar-refractivity contribution in [3.05, 3.63) is 108 Å². The van der Waals surface area contributed by atoms with Crippen LogP contribution < -0.4 is 11.1 Å². The van der Waals surface area contributed by atoms with Crippen molar-refractivity contribution in [2.75, 3.05) is 18.9 Å². The summed E-state index contributed by atoms with van der Waals surface area (Å²) in [5, 5.41) is 3.00. The van der Waals surface area contributed by atoms with Gasteiger partial charge in [-0.25, -0.2) is 4.79 Å². The highest BCUT2D eigenvalue weighted by Gasteiger charge is 2.42. The average molecular weight is 452 g/mol. The van der Waals surface area contributed by atoms with Crippen LogP contribution in [0.4, 0.5) is 10.5 Å². The molecule has 1 amide bonds. The quantitative estimate of drug-likeness (QED) is 0.423. The average Bonchev–Trinajstić information content (AvgIpc) is 2.86. The van der Waals surface area contributed by atoms with E-state index in [0.29, 0.717) is 18.9 Å². The molecule has 34 heavy (non-hydrogen) atoms. The molecule has 170 valence electrons. The van der Waals surface area contributed by atoms with Crippen molar-refractivity contribution < 1.29 is 14.3 Å². The third-order valence-electron chi connectivity index (χ3n) is 5.96. The predicted molar refractivity (Wildman–Crippen MR) is 132 cm³/mol. The number of benzene rings is 3. The molecule has 0 atom stereocenters. The number of pyridine rings is 1. The lowest BCUT2D eigenvalue weighted by atomic mass is 9.87. The van der Waals surface area contributed by atoms with E-state index in [1.807, 2.05) is 91.0 Å². The number of carbonyl (C=O) groups is 1. The van der Waals surface area contributed by atoms with E-state index in [1.165, 1.54) is 0 Å². The van der Waals surface area contributed by atoms with Gasteiger partial charge in [0.25, 0.3) is 0 Å². The molecule has 0 bridgehead atoms. The molecule has 0 saturated carbocycles. The van der Waals surface area contributed by atoms with E-state index in [-0.39, 0.29) is 6.61 Å². The number of nitrogen functional groups attached to an aromatic ring is 1. The Kier molecular flexibility index (Phi) is 5.97. The molecular weight excluding hydrogens is 426 g/mol. The molecule has 3 aromatic carbocycles. The van der Waals surface area contributed by atoms with Crippen LogP contribution in [0, 0.1) is 0 Å². The normalized spacial score (nSPS) is 14.1. The molecule has 2 heterocycles. The summed E-state index contributed by atoms with van der Waals surface area (Å²) in [5.41, 5.74) is 11.8. The summed E-state index contributed by atoms with van der Waals surface area (Å²) in [6, 6.07) is 29.6. The lowest BCUT2D eigenvalue weighted by molar-refractivity contribution is -0.0762. The molecule has 0 unspecified atom stereocenters. The third-order valence-corrected chi connectivity index (χ3v) is 5.96. The van der Waals surface area contributed by atoms with Crippen LogP contribution in [0.3, 0.4) is 0 Å². The van der Waals surface area contributed by atoms with Gasteiger partial charge in [-0.15, -0.1) is 0 Å². The van der Waals surface area contributed by atoms with Crippen LogP contribution in [0.25, 0.3) is 22.4 Å². The second kappa shape index (κ2) is 9.37. The lowest BCUT2D eigenvalue weighted by Gasteiger charge is -2.42. The number of aromatic nitrogens is 1. The second-order valence-electron chi connectivity index (χ2n) is 8.37. The van der Waals surface area contributed by atoms with Crippen LogP contribution >= 0.6 is 0 Å². The van der Waals surface area contributed by atoms with E-state index in [1.54, 1.807) is 6.20 Å². The van der Waals surface area contributed by atoms with E-state index in [0.717, 1.165) is 33.5 Å². The zero-order chi connectivity index (χ0) is 23.4. The van der Waals surface area contributed by atoms with Gasteiger partial charge in [0.05, 0.1) is 30.8 Å². The molecule has 3 N–H and O–H groups in total. The molecule has 0 radical (unpaired) electrons. The highest BCUT2D eigenvalue weighted by molar-refractivity contribution is 5.82. The summed E-state index contributed by atoms with van der Waals surface area (Å²) >= 11 is 0. The highest BCUT2D eigenvalue weighted by Crippen LogP contribution is 2.35. The molecule has 1 saturated heterocycles. The van der Waals surface area contributed by atoms with E-state index in [9.17, 15) is 4.79 Å². The van der Waals surface area contributed by atoms with Crippen LogP contribution in [0.5, 0.6) is 0 Å². The van der Waals surface area contributed by atoms with Gasteiger partial charge in [-0.2, -0.15) is 0 Å². The molecule has 6 nitrogen and oxygen atoms in total. The maximum atomic E-state index is 12.5. The van der Waals surface area contributed by atoms with Gasteiger partial charge in [0.15, 0.2) is 0 Å². The molecule has 1 aliphatic heterocycles. The predicted octanol–water partition coefficient (Wildman–Crippen LogP) is 5.15. The zero-order valence-electron chi connectivity index (χ0n) is 18.6. The maximum Gasteiger partial charge on any atom is 0.408 e. The first-order valence-electron chi connectivity index (χ1n) is 11.1. The minimum atomic E-state index is -0.608. The van der Waals surface area contributed by atoms with Gasteiger partial charge in [-0.3, -0.25) is 4.98 Å². The first kappa shape index (κ1) is 21.7. The number of nitrogens with two attached hydrogens (primary N) is 1. The monoisotopic (exact) mass is 451 g/mol. The van der Waals surface area contributed by atoms with Crippen molar-refractivity contribution >= 4 is 11.8 Å². The number of anilines is 1. The van der Waals surface area contributed by atoms with E-state index in [4.69, 9.17) is 15.2 Å². The fourth-order valence-corrected chi connectivity index (χ4v) is 4.07. The number of nitrogens with zero attached hydrogens (tertiary/aromatic N) is 1. The van der Waals surface area contributed by atoms with Gasteiger partial charge in [0.2, 0.25) is 0 Å². The molecule has 5 rings (SSSR count). The molecule has 4 aromatic rings. The third kappa shape index (κ3) is 4.49. The van der Waals surface area contributed by atoms with Crippen LogP contribution in [0.1, 0.15) is 11.1 Å². The number of amides is 1. The summed E-state index contributed by atoms with van der Waals surface area (Å²) in [5.74, 6) is 0. The largest absolute Gasteiger partial charge is 0.445 e. The first-order valence-corrected chi connectivity index (χ1v) is 11.1. The molecule has 1 aliphatic rings. The van der Waals surface area contributed by atoms with Gasteiger partial charge >= 0.3 is 6.09 Å². The Morgan fingerprint density at radius 2 is 1.62 bits per heavy atom. The summed E-state index contributed by atoms with van der Waals surface area (Å²) in [6.07, 6.45) is 1.20. The van der Waals surface area contributed by atoms with Crippen molar-refractivity contribution in [1.29, 1.82) is 0 Å². The standard InChI is InChI=1S/C28H25N3O3/c29-24-15-25(21-9-5-2-6-10-21)26(30-16-24)22-11-13-23(14-12-22)28(18-33-19-28)31-27(32)34-17-20-7-3-1-4-8-20/h1-16H,17-19,29H2,(H,31,32). The molecule has 1 fully saturated rings. The number of rotatable bonds is 6. The topological polar surface area (TPSA) is 86.5 Å². The van der Waals surface area contributed by atoms with Gasteiger partial charge in [0, 0.05) is 11.1 Å². The van der Waals surface area contributed by atoms with E-state index < -0.39 is 11.6 Å². The van der Waals surface area contributed by atoms with E-state index in [2.05, 4.69) is 10.3 Å². The summed E-state index contributed by atoms with van der Waals surface area (Å²) < 4.78 is 10.9. The highest BCUT2D eigenvalue weighted by atomic mass is 16.6. The molecule has 1 aromatic heterocycles. The summed E-state index contributed by atoms with van der Waals surface area (Å²) in [7, 11) is 0. The Morgan fingerprint density at radius 3 is 2.26 bits per heavy atom. The fraction of sp³-hybridized carbons (Fsp3) is 0.143. The number of ether oxygens (including phenoxy) is 2. The van der Waals surface area contributed by atoms with E-state index >= 15 is 0 Å². The van der Waals surface area contributed by atoms with Gasteiger partial charge < -0.3 is 20.5 Å². The lowest BCUT2D eigenvalue weighted by Crippen LogP contribution is -2.59. The van der Waals surface area contributed by atoms with Gasteiger partial charge in [-0.05, 0) is 22.8 Å². The van der Waals surface area contributed by atoms with Crippen LogP contribution in [-0.4, -0.2) is 24.3 Å². The first-order chi connectivity index (χ1) is 16.6. The maximum absolute atomic E-state index is 12.5. The zero-order valence-corrected chi connectivity index (χ0v) is 18.6. The van der Waals surface area contributed by atoms with Crippen molar-refractivity contribution in [2.45, 2.75) is 12.1 Å². The molecule has 0 aliphatic carbocycles. The van der Waals surface area contributed by atoms with Gasteiger partial charge in [-0.1, -0.05) is 84.9 Å². The summed E-state index contributed by atoms with van der Waals surface area (Å²) in [6.45, 7) is 0.998. The number of hydrogen-bond acceptors (Lipinski definition) is 5. The number of nitrogens with one attached hydrogen (secondary N) is 1. The molecule has 6 heteroatoms. The molecular formula is C28H25N3O3. The SMILES string of the molecule is Nc1cnc(-c2ccc(C3(NC(=O)OCc4ccccc4)COC3)cc2)c(-c2ccccc2)c1. The molecule has 0 spiro atoms. The van der Waals surface area contributed by atoms with Crippen LogP contribution in [0.2, 0.25) is 0 Å². The Labute approximate surface area is 198 Å². The second-order valence-corrected chi connectivity index (χ2v) is 8.37. The number of hydrogen-bond donors (Lipinski definition) is 2. The minimum Gasteiger partial charge on any atom is -0.445 e. The Bertz CT molecular complexity index is 1270. The Morgan fingerprint density at radius 1 is 0.941 bits per heavy atom. The van der Waals surface area contributed by atoms with Crippen molar-refractivity contribution in [2.24, 2.45) is 0 Å². The van der Waals surface area contributed by atoms with Crippen molar-refractivity contribution in [3.8, 4) is 22.4 Å². The van der Waals surface area contributed by atoms with Crippen molar-refractivity contribution in [3.63, 3.8) is 0 Å². The minimum absolute atomic E-state index is 0.216.